The summed E-state index contributed by atoms with van der Waals surface area (Å²) in [6, 6.07) is 0. The van der Waals surface area contributed by atoms with Crippen LogP contribution in [0.2, 0.25) is 6.32 Å². The highest BCUT2D eigenvalue weighted by Gasteiger charge is 2.46. The monoisotopic (exact) mass is 447 g/mol. The van der Waals surface area contributed by atoms with E-state index in [4.69, 9.17) is 12.8 Å². The number of fused-ring (bicyclic) bond motifs is 1. The molecule has 0 aromatic rings. The van der Waals surface area contributed by atoms with Gasteiger partial charge in [-0.25, -0.2) is 4.99 Å². The molecule has 0 bridgehead atoms. The van der Waals surface area contributed by atoms with Crippen molar-refractivity contribution in [3.8, 4) is 0 Å². The van der Waals surface area contributed by atoms with Crippen LogP contribution in [0.1, 0.15) is 46.0 Å². The van der Waals surface area contributed by atoms with E-state index in [0.29, 0.717) is 6.32 Å². The summed E-state index contributed by atoms with van der Waals surface area (Å²) >= 11 is 1.78. The molecule has 0 saturated carbocycles. The molecule has 0 aromatic carbocycles. The maximum absolute atomic E-state index is 5.75. The molecule has 0 amide bonds. The largest absolute Gasteiger partial charge is 0.317 e. The molecule has 5 heteroatoms. The molecular formula is C27H38BN3S. The molecule has 1 saturated heterocycles. The molecule has 2 heterocycles. The number of allylic oxidation sites excluding steroid dienone is 6. The first kappa shape index (κ1) is 24.9. The first-order valence-electron chi connectivity index (χ1n) is 11.9. The molecule has 32 heavy (non-hydrogen) atoms. The quantitative estimate of drug-likeness (QED) is 0.189. The van der Waals surface area contributed by atoms with Crippen molar-refractivity contribution in [2.45, 2.75) is 52.3 Å². The van der Waals surface area contributed by atoms with Gasteiger partial charge in [-0.05, 0) is 69.5 Å². The van der Waals surface area contributed by atoms with Crippen LogP contribution in [0.5, 0.6) is 0 Å². The van der Waals surface area contributed by atoms with Gasteiger partial charge in [0.05, 0.1) is 13.5 Å². The Morgan fingerprint density at radius 2 is 2.00 bits per heavy atom. The number of rotatable bonds is 8. The van der Waals surface area contributed by atoms with Crippen LogP contribution in [-0.4, -0.2) is 55.2 Å². The number of amidine groups is 1. The first-order valence-corrected chi connectivity index (χ1v) is 12.8. The molecular weight excluding hydrogens is 409 g/mol. The Kier molecular flexibility index (Phi) is 8.52. The second-order valence-electron chi connectivity index (χ2n) is 9.14. The standard InChI is InChI=1S/C27H38BN3S/c1-7-14-31-21(5)24-25(29-26(31)32-17-10-13-28)20(4)23(18-22(8-2)9-3)19-27(24)11-15-30(6)16-12-27/h7-8,18H,1-2,5,9-17,19H2,3-4,6H3/b22-18+. The molecule has 0 N–H and O–H groups in total. The second kappa shape index (κ2) is 10.9. The number of piperidine rings is 1. The summed E-state index contributed by atoms with van der Waals surface area (Å²) in [4.78, 5) is 10.0. The number of likely N-dealkylation sites (tertiary alicyclic amines) is 1. The van der Waals surface area contributed by atoms with Crippen molar-refractivity contribution >= 4 is 24.8 Å². The zero-order valence-corrected chi connectivity index (χ0v) is 21.1. The molecule has 2 aliphatic heterocycles. The summed E-state index contributed by atoms with van der Waals surface area (Å²) < 4.78 is 0. The van der Waals surface area contributed by atoms with E-state index in [2.05, 4.69) is 56.5 Å². The summed E-state index contributed by atoms with van der Waals surface area (Å²) in [5.41, 5.74) is 7.68. The van der Waals surface area contributed by atoms with Gasteiger partial charge >= 0.3 is 0 Å². The molecule has 2 radical (unpaired) electrons. The summed E-state index contributed by atoms with van der Waals surface area (Å²) in [6.45, 7) is 20.0. The minimum atomic E-state index is 0.0840. The molecule has 170 valence electrons. The summed E-state index contributed by atoms with van der Waals surface area (Å²) in [6.07, 6.45) is 12.3. The van der Waals surface area contributed by atoms with Crippen LogP contribution < -0.4 is 0 Å². The predicted octanol–water partition coefficient (Wildman–Crippen LogP) is 6.28. The third-order valence-corrected chi connectivity index (χ3v) is 8.11. The smallest absolute Gasteiger partial charge is 0.169 e. The Hall–Kier alpha value is -1.72. The van der Waals surface area contributed by atoms with Crippen molar-refractivity contribution < 1.29 is 0 Å². The Morgan fingerprint density at radius 1 is 1.28 bits per heavy atom. The maximum atomic E-state index is 5.75. The lowest BCUT2D eigenvalue weighted by Gasteiger charge is -2.49. The van der Waals surface area contributed by atoms with Gasteiger partial charge in [-0.15, -0.1) is 6.58 Å². The highest BCUT2D eigenvalue weighted by molar-refractivity contribution is 8.13. The van der Waals surface area contributed by atoms with E-state index in [1.54, 1.807) is 11.8 Å². The third-order valence-electron chi connectivity index (χ3n) is 7.05. The SMILES string of the molecule is [B]CCCSC1=NC2=C(C(=C)N1CC=C)C1(CCN(C)CC1)CC(/C=C(\C=C)CC)=C2C. The summed E-state index contributed by atoms with van der Waals surface area (Å²) in [5.74, 6) is 0.959. The number of hydrogen-bond donors (Lipinski definition) is 0. The zero-order valence-electron chi connectivity index (χ0n) is 20.3. The minimum absolute atomic E-state index is 0.0840. The van der Waals surface area contributed by atoms with Crippen LogP contribution in [0.3, 0.4) is 0 Å². The van der Waals surface area contributed by atoms with E-state index >= 15 is 0 Å². The lowest BCUT2D eigenvalue weighted by molar-refractivity contribution is 0.150. The molecule has 3 nitrogen and oxygen atoms in total. The molecule has 3 rings (SSSR count). The normalized spacial score (nSPS) is 21.7. The highest BCUT2D eigenvalue weighted by Crippen LogP contribution is 2.55. The van der Waals surface area contributed by atoms with Crippen molar-refractivity contribution in [1.29, 1.82) is 0 Å². The van der Waals surface area contributed by atoms with Gasteiger partial charge in [0, 0.05) is 29.0 Å². The van der Waals surface area contributed by atoms with Crippen molar-refractivity contribution in [2.24, 2.45) is 10.4 Å². The number of thioether (sulfide) groups is 1. The van der Waals surface area contributed by atoms with Crippen LogP contribution in [0.15, 0.2) is 76.6 Å². The van der Waals surface area contributed by atoms with E-state index in [9.17, 15) is 0 Å². The number of aliphatic imine (C=N–C) groups is 1. The highest BCUT2D eigenvalue weighted by atomic mass is 32.2. The van der Waals surface area contributed by atoms with Gasteiger partial charge in [0.2, 0.25) is 0 Å². The molecule has 1 aliphatic carbocycles. The average molecular weight is 448 g/mol. The predicted molar refractivity (Wildman–Crippen MR) is 143 cm³/mol. The van der Waals surface area contributed by atoms with Gasteiger partial charge in [-0.3, -0.25) is 0 Å². The molecule has 0 unspecified atom stereocenters. The molecule has 1 fully saturated rings. The van der Waals surface area contributed by atoms with E-state index in [-0.39, 0.29) is 5.41 Å². The molecule has 1 spiro atoms. The number of hydrogen-bond acceptors (Lipinski definition) is 4. The van der Waals surface area contributed by atoms with Crippen molar-refractivity contribution in [3.63, 3.8) is 0 Å². The zero-order chi connectivity index (χ0) is 23.3. The van der Waals surface area contributed by atoms with Gasteiger partial charge in [0.1, 0.15) is 0 Å². The fraction of sp³-hybridized carbons (Fsp3) is 0.519. The lowest BCUT2D eigenvalue weighted by Crippen LogP contribution is -2.45. The van der Waals surface area contributed by atoms with Crippen LogP contribution in [-0.2, 0) is 0 Å². The van der Waals surface area contributed by atoms with Gasteiger partial charge in [0.15, 0.2) is 5.17 Å². The average Bonchev–Trinajstić information content (AvgIpc) is 2.79. The Labute approximate surface area is 201 Å². The van der Waals surface area contributed by atoms with Crippen molar-refractivity contribution in [2.75, 3.05) is 32.4 Å². The Morgan fingerprint density at radius 3 is 2.59 bits per heavy atom. The minimum Gasteiger partial charge on any atom is -0.317 e. The lowest BCUT2D eigenvalue weighted by atomic mass is 9.63. The van der Waals surface area contributed by atoms with Crippen LogP contribution in [0.25, 0.3) is 0 Å². The Bertz CT molecular complexity index is 885. The summed E-state index contributed by atoms with van der Waals surface area (Å²) in [5, 5.41) is 1.02. The topological polar surface area (TPSA) is 18.8 Å². The molecule has 0 aromatic heterocycles. The first-order chi connectivity index (χ1) is 15.4. The Balaban J connectivity index is 2.16. The molecule has 0 atom stereocenters. The maximum Gasteiger partial charge on any atom is 0.169 e. The second-order valence-corrected chi connectivity index (χ2v) is 10.2. The van der Waals surface area contributed by atoms with Crippen molar-refractivity contribution in [1.82, 2.24) is 9.80 Å². The van der Waals surface area contributed by atoms with Crippen molar-refractivity contribution in [3.05, 3.63) is 71.7 Å². The van der Waals surface area contributed by atoms with Gasteiger partial charge in [0.25, 0.3) is 0 Å². The van der Waals surface area contributed by atoms with E-state index in [0.717, 1.165) is 74.1 Å². The summed E-state index contributed by atoms with van der Waals surface area (Å²) in [7, 11) is 7.98. The fourth-order valence-corrected chi connectivity index (χ4v) is 5.99. The van der Waals surface area contributed by atoms with Gasteiger partial charge < -0.3 is 9.80 Å². The third kappa shape index (κ3) is 4.94. The van der Waals surface area contributed by atoms with Crippen LogP contribution >= 0.6 is 11.8 Å². The van der Waals surface area contributed by atoms with E-state index in [1.165, 1.54) is 22.3 Å². The van der Waals surface area contributed by atoms with Crippen LogP contribution in [0.4, 0.5) is 0 Å². The van der Waals surface area contributed by atoms with E-state index in [1.807, 2.05) is 12.2 Å². The van der Waals surface area contributed by atoms with Gasteiger partial charge in [-0.2, -0.15) is 0 Å². The van der Waals surface area contributed by atoms with E-state index < -0.39 is 0 Å². The van der Waals surface area contributed by atoms with Crippen LogP contribution in [0, 0.1) is 5.41 Å². The van der Waals surface area contributed by atoms with Gasteiger partial charge in [-0.1, -0.05) is 62.8 Å². The molecule has 3 aliphatic rings. The number of nitrogens with zero attached hydrogens (tertiary/aromatic N) is 3. The fourth-order valence-electron chi connectivity index (χ4n) is 5.00.